The van der Waals surface area contributed by atoms with Crippen molar-refractivity contribution < 1.29 is 4.21 Å². The Labute approximate surface area is 113 Å². The maximum absolute atomic E-state index is 12.2. The third-order valence-electron chi connectivity index (χ3n) is 3.37. The lowest BCUT2D eigenvalue weighted by molar-refractivity contribution is 0.601. The summed E-state index contributed by atoms with van der Waals surface area (Å²) in [4.78, 5) is 0. The van der Waals surface area contributed by atoms with Gasteiger partial charge in [-0.1, -0.05) is 50.1 Å². The van der Waals surface area contributed by atoms with Gasteiger partial charge in [0.1, 0.15) is 0 Å². The standard InChI is InChI=1S/C15H25NOS/c1-10(2)13(5)18(17)9-15(16)14-7-11(3)6-12(4)8-14/h6-8,10,13,15H,9,16H2,1-5H3. The summed E-state index contributed by atoms with van der Waals surface area (Å²) < 4.78 is 12.2. The molecule has 0 aliphatic heterocycles. The fourth-order valence-electron chi connectivity index (χ4n) is 1.95. The average molecular weight is 267 g/mol. The van der Waals surface area contributed by atoms with Crippen LogP contribution in [0.15, 0.2) is 18.2 Å². The lowest BCUT2D eigenvalue weighted by Crippen LogP contribution is -2.26. The summed E-state index contributed by atoms with van der Waals surface area (Å²) in [7, 11) is -0.864. The second-order valence-corrected chi connectivity index (χ2v) is 7.36. The Morgan fingerprint density at radius 1 is 1.11 bits per heavy atom. The molecule has 2 nitrogen and oxygen atoms in total. The minimum absolute atomic E-state index is 0.134. The number of nitrogens with two attached hydrogens (primary N) is 1. The molecule has 0 fully saturated rings. The molecule has 0 heterocycles. The molecule has 3 heteroatoms. The summed E-state index contributed by atoms with van der Waals surface area (Å²) in [5.74, 6) is 0.972. The smallest absolute Gasteiger partial charge is 0.0431 e. The summed E-state index contributed by atoms with van der Waals surface area (Å²) in [6.45, 7) is 10.4. The van der Waals surface area contributed by atoms with Crippen molar-refractivity contribution in [1.82, 2.24) is 0 Å². The van der Waals surface area contributed by atoms with E-state index < -0.39 is 10.8 Å². The van der Waals surface area contributed by atoms with Crippen LogP contribution in [0.5, 0.6) is 0 Å². The van der Waals surface area contributed by atoms with Gasteiger partial charge in [-0.05, 0) is 25.3 Å². The van der Waals surface area contributed by atoms with Gasteiger partial charge in [0.15, 0.2) is 0 Å². The summed E-state index contributed by atoms with van der Waals surface area (Å²) in [6.07, 6.45) is 0. The van der Waals surface area contributed by atoms with Gasteiger partial charge < -0.3 is 5.73 Å². The minimum Gasteiger partial charge on any atom is -0.323 e. The summed E-state index contributed by atoms with van der Waals surface area (Å²) >= 11 is 0. The molecule has 0 aliphatic rings. The highest BCUT2D eigenvalue weighted by atomic mass is 32.2. The fraction of sp³-hybridized carbons (Fsp3) is 0.600. The van der Waals surface area contributed by atoms with Crippen LogP contribution in [0.4, 0.5) is 0 Å². The Balaban J connectivity index is 2.76. The van der Waals surface area contributed by atoms with Crippen molar-refractivity contribution in [2.75, 3.05) is 5.75 Å². The van der Waals surface area contributed by atoms with Gasteiger partial charge in [-0.2, -0.15) is 0 Å². The molecule has 0 bridgehead atoms. The van der Waals surface area contributed by atoms with Crippen molar-refractivity contribution >= 4 is 10.8 Å². The molecule has 1 rings (SSSR count). The molecule has 0 aliphatic carbocycles. The van der Waals surface area contributed by atoms with Gasteiger partial charge >= 0.3 is 0 Å². The second kappa shape index (κ2) is 6.48. The van der Waals surface area contributed by atoms with E-state index in [1.54, 1.807) is 0 Å². The SMILES string of the molecule is Cc1cc(C)cc(C(N)CS(=O)C(C)C(C)C)c1. The quantitative estimate of drug-likeness (QED) is 0.891. The van der Waals surface area contributed by atoms with E-state index in [-0.39, 0.29) is 11.3 Å². The topological polar surface area (TPSA) is 43.1 Å². The van der Waals surface area contributed by atoms with Crippen LogP contribution < -0.4 is 5.73 Å². The molecule has 3 unspecified atom stereocenters. The van der Waals surface area contributed by atoms with Crippen LogP contribution in [0.1, 0.15) is 43.5 Å². The Morgan fingerprint density at radius 3 is 2.06 bits per heavy atom. The van der Waals surface area contributed by atoms with E-state index in [0.29, 0.717) is 11.7 Å². The van der Waals surface area contributed by atoms with Crippen LogP contribution in [-0.4, -0.2) is 15.2 Å². The first-order valence-electron chi connectivity index (χ1n) is 6.52. The van der Waals surface area contributed by atoms with Gasteiger partial charge in [0, 0.05) is 27.8 Å². The Bertz CT molecular complexity index is 408. The number of hydrogen-bond donors (Lipinski definition) is 1. The van der Waals surface area contributed by atoms with Crippen LogP contribution in [0.2, 0.25) is 0 Å². The molecular formula is C15H25NOS. The van der Waals surface area contributed by atoms with Crippen molar-refractivity contribution in [3.63, 3.8) is 0 Å². The number of rotatable bonds is 5. The van der Waals surface area contributed by atoms with E-state index in [0.717, 1.165) is 5.56 Å². The van der Waals surface area contributed by atoms with Gasteiger partial charge in [-0.3, -0.25) is 4.21 Å². The summed E-state index contributed by atoms with van der Waals surface area (Å²) in [5, 5.41) is 0.196. The van der Waals surface area contributed by atoms with Crippen molar-refractivity contribution in [3.8, 4) is 0 Å². The predicted octanol–water partition coefficient (Wildman–Crippen LogP) is 3.10. The zero-order chi connectivity index (χ0) is 13.9. The minimum atomic E-state index is -0.864. The first-order chi connectivity index (χ1) is 8.31. The predicted molar refractivity (Wildman–Crippen MR) is 80.2 cm³/mol. The second-order valence-electron chi connectivity index (χ2n) is 5.52. The largest absolute Gasteiger partial charge is 0.323 e. The first kappa shape index (κ1) is 15.4. The molecule has 3 atom stereocenters. The average Bonchev–Trinajstić information content (AvgIpc) is 2.26. The highest BCUT2D eigenvalue weighted by Crippen LogP contribution is 2.18. The van der Waals surface area contributed by atoms with Crippen LogP contribution in [0.25, 0.3) is 0 Å². The highest BCUT2D eigenvalue weighted by molar-refractivity contribution is 7.85. The van der Waals surface area contributed by atoms with E-state index in [1.807, 2.05) is 6.92 Å². The molecule has 2 N–H and O–H groups in total. The van der Waals surface area contributed by atoms with Gasteiger partial charge in [0.25, 0.3) is 0 Å². The molecule has 0 radical (unpaired) electrons. The van der Waals surface area contributed by atoms with Crippen LogP contribution in [0, 0.1) is 19.8 Å². The fourth-order valence-corrected chi connectivity index (χ4v) is 3.41. The number of aryl methyl sites for hydroxylation is 2. The van der Waals surface area contributed by atoms with Gasteiger partial charge in [-0.15, -0.1) is 0 Å². The lowest BCUT2D eigenvalue weighted by atomic mass is 10.0. The first-order valence-corrected chi connectivity index (χ1v) is 7.90. The van der Waals surface area contributed by atoms with E-state index >= 15 is 0 Å². The zero-order valence-electron chi connectivity index (χ0n) is 12.1. The van der Waals surface area contributed by atoms with E-state index in [1.165, 1.54) is 11.1 Å². The zero-order valence-corrected chi connectivity index (χ0v) is 12.9. The third-order valence-corrected chi connectivity index (χ3v) is 5.43. The van der Waals surface area contributed by atoms with Crippen LogP contribution in [-0.2, 0) is 10.8 Å². The molecule has 0 amide bonds. The van der Waals surface area contributed by atoms with Crippen LogP contribution in [0.3, 0.4) is 0 Å². The summed E-state index contributed by atoms with van der Waals surface area (Å²) in [5.41, 5.74) is 9.70. The van der Waals surface area contributed by atoms with Gasteiger partial charge in [0.05, 0.1) is 0 Å². The Hall–Kier alpha value is -0.670. The molecule has 0 saturated carbocycles. The Morgan fingerprint density at radius 2 is 1.61 bits per heavy atom. The van der Waals surface area contributed by atoms with Gasteiger partial charge in [-0.25, -0.2) is 0 Å². The monoisotopic (exact) mass is 267 g/mol. The van der Waals surface area contributed by atoms with Crippen molar-refractivity contribution in [2.45, 2.75) is 45.9 Å². The van der Waals surface area contributed by atoms with Crippen LogP contribution >= 0.6 is 0 Å². The number of hydrogen-bond acceptors (Lipinski definition) is 2. The maximum Gasteiger partial charge on any atom is 0.0431 e. The molecule has 0 saturated heterocycles. The third kappa shape index (κ3) is 4.21. The van der Waals surface area contributed by atoms with E-state index in [2.05, 4.69) is 45.9 Å². The maximum atomic E-state index is 12.2. The number of benzene rings is 1. The molecule has 0 spiro atoms. The molecule has 18 heavy (non-hydrogen) atoms. The van der Waals surface area contributed by atoms with Crippen molar-refractivity contribution in [1.29, 1.82) is 0 Å². The molecule has 1 aromatic carbocycles. The van der Waals surface area contributed by atoms with Gasteiger partial charge in [0.2, 0.25) is 0 Å². The van der Waals surface area contributed by atoms with E-state index in [9.17, 15) is 4.21 Å². The molecule has 1 aromatic rings. The van der Waals surface area contributed by atoms with Crippen molar-refractivity contribution in [3.05, 3.63) is 34.9 Å². The van der Waals surface area contributed by atoms with Crippen molar-refractivity contribution in [2.24, 2.45) is 11.7 Å². The molecule has 102 valence electrons. The molecule has 0 aromatic heterocycles. The normalized spacial score (nSPS) is 16.6. The lowest BCUT2D eigenvalue weighted by Gasteiger charge is -2.19. The summed E-state index contributed by atoms with van der Waals surface area (Å²) in [6, 6.07) is 6.18. The Kier molecular flexibility index (Phi) is 5.54. The molecular weight excluding hydrogens is 242 g/mol. The highest BCUT2D eigenvalue weighted by Gasteiger charge is 2.18. The van der Waals surface area contributed by atoms with E-state index in [4.69, 9.17) is 5.73 Å².